The van der Waals surface area contributed by atoms with Gasteiger partial charge in [-0.1, -0.05) is 6.92 Å². The first-order valence-electron chi connectivity index (χ1n) is 5.92. The molecule has 1 fully saturated rings. The average Bonchev–Trinajstić information content (AvgIpc) is 2.62. The molecule has 1 aliphatic carbocycles. The Morgan fingerprint density at radius 2 is 2.27 bits per heavy atom. The van der Waals surface area contributed by atoms with E-state index in [4.69, 9.17) is 5.73 Å². The summed E-state index contributed by atoms with van der Waals surface area (Å²) in [6.45, 7) is 3.97. The Bertz CT molecular complexity index is 305. The Morgan fingerprint density at radius 1 is 1.47 bits per heavy atom. The number of hydrogen-bond acceptors (Lipinski definition) is 3. The number of nitrogens with zero attached hydrogens (tertiary/aromatic N) is 3. The van der Waals surface area contributed by atoms with Crippen LogP contribution in [0.25, 0.3) is 0 Å². The molecule has 2 rings (SSSR count). The van der Waals surface area contributed by atoms with Crippen LogP contribution in [-0.2, 0) is 13.0 Å². The highest BCUT2D eigenvalue weighted by atomic mass is 15.3. The van der Waals surface area contributed by atoms with Crippen molar-refractivity contribution in [3.05, 3.63) is 12.2 Å². The number of aryl methyl sites for hydroxylation is 1. The summed E-state index contributed by atoms with van der Waals surface area (Å²) in [7, 11) is 0. The molecular formula is C11H20N4. The lowest BCUT2D eigenvalue weighted by atomic mass is 9.72. The van der Waals surface area contributed by atoms with Gasteiger partial charge in [0.25, 0.3) is 0 Å². The quantitative estimate of drug-likeness (QED) is 0.791. The van der Waals surface area contributed by atoms with Crippen molar-refractivity contribution < 1.29 is 0 Å². The molecule has 4 heteroatoms. The molecule has 0 aromatic carbocycles. The van der Waals surface area contributed by atoms with Crippen molar-refractivity contribution in [3.8, 4) is 0 Å². The first-order chi connectivity index (χ1) is 7.35. The highest BCUT2D eigenvalue weighted by molar-refractivity contribution is 4.93. The molecule has 0 radical (unpaired) electrons. The van der Waals surface area contributed by atoms with E-state index in [0.717, 1.165) is 43.6 Å². The first-order valence-corrected chi connectivity index (χ1v) is 5.92. The molecule has 1 saturated carbocycles. The highest BCUT2D eigenvalue weighted by Crippen LogP contribution is 2.35. The van der Waals surface area contributed by atoms with Crippen molar-refractivity contribution in [2.24, 2.45) is 17.6 Å². The minimum Gasteiger partial charge on any atom is -0.330 e. The molecule has 4 nitrogen and oxygen atoms in total. The maximum absolute atomic E-state index is 5.71. The van der Waals surface area contributed by atoms with E-state index in [1.807, 2.05) is 4.68 Å². The van der Waals surface area contributed by atoms with Crippen molar-refractivity contribution >= 4 is 0 Å². The molecule has 2 atom stereocenters. The minimum absolute atomic E-state index is 0.719. The van der Waals surface area contributed by atoms with Gasteiger partial charge < -0.3 is 5.73 Å². The van der Waals surface area contributed by atoms with Crippen LogP contribution in [-0.4, -0.2) is 21.3 Å². The molecule has 84 valence electrons. The third-order valence-electron chi connectivity index (χ3n) is 3.45. The van der Waals surface area contributed by atoms with Crippen molar-refractivity contribution in [1.29, 1.82) is 0 Å². The van der Waals surface area contributed by atoms with Gasteiger partial charge in [0, 0.05) is 13.0 Å². The van der Waals surface area contributed by atoms with E-state index >= 15 is 0 Å². The molecule has 0 aliphatic heterocycles. The lowest BCUT2D eigenvalue weighted by Crippen LogP contribution is -2.34. The molecule has 2 N–H and O–H groups in total. The van der Waals surface area contributed by atoms with Gasteiger partial charge in [0.2, 0.25) is 0 Å². The van der Waals surface area contributed by atoms with E-state index in [9.17, 15) is 0 Å². The zero-order valence-corrected chi connectivity index (χ0v) is 9.39. The van der Waals surface area contributed by atoms with Crippen LogP contribution in [0.15, 0.2) is 6.33 Å². The summed E-state index contributed by atoms with van der Waals surface area (Å²) in [5, 5.41) is 4.24. The predicted molar refractivity (Wildman–Crippen MR) is 59.3 cm³/mol. The summed E-state index contributed by atoms with van der Waals surface area (Å²) in [6.07, 6.45) is 6.44. The number of hydrogen-bond donors (Lipinski definition) is 1. The van der Waals surface area contributed by atoms with Crippen LogP contribution in [0.3, 0.4) is 0 Å². The molecular weight excluding hydrogens is 188 g/mol. The van der Waals surface area contributed by atoms with Gasteiger partial charge in [-0.3, -0.25) is 4.68 Å². The lowest BCUT2D eigenvalue weighted by Gasteiger charge is -2.35. The van der Waals surface area contributed by atoms with Gasteiger partial charge in [-0.25, -0.2) is 4.98 Å². The summed E-state index contributed by atoms with van der Waals surface area (Å²) >= 11 is 0. The van der Waals surface area contributed by atoms with Crippen molar-refractivity contribution in [1.82, 2.24) is 14.8 Å². The number of aromatic nitrogens is 3. The Labute approximate surface area is 90.9 Å². The molecule has 0 spiro atoms. The van der Waals surface area contributed by atoms with Gasteiger partial charge in [0.15, 0.2) is 0 Å². The van der Waals surface area contributed by atoms with Gasteiger partial charge in [-0.15, -0.1) is 0 Å². The van der Waals surface area contributed by atoms with Gasteiger partial charge >= 0.3 is 0 Å². The normalized spacial score (nSPS) is 25.2. The van der Waals surface area contributed by atoms with E-state index in [1.54, 1.807) is 6.33 Å². The second-order valence-corrected chi connectivity index (χ2v) is 4.44. The second kappa shape index (κ2) is 4.75. The summed E-state index contributed by atoms with van der Waals surface area (Å²) in [6, 6.07) is 0. The van der Waals surface area contributed by atoms with Crippen molar-refractivity contribution in [2.75, 3.05) is 6.54 Å². The zero-order chi connectivity index (χ0) is 10.7. The Kier molecular flexibility index (Phi) is 3.36. The van der Waals surface area contributed by atoms with Crippen LogP contribution < -0.4 is 5.73 Å². The van der Waals surface area contributed by atoms with Crippen LogP contribution >= 0.6 is 0 Å². The van der Waals surface area contributed by atoms with E-state index in [0.29, 0.717) is 0 Å². The molecule has 1 aromatic heterocycles. The van der Waals surface area contributed by atoms with Gasteiger partial charge in [0.05, 0.1) is 0 Å². The number of nitrogens with two attached hydrogens (primary N) is 1. The second-order valence-electron chi connectivity index (χ2n) is 4.44. The molecule has 2 unspecified atom stereocenters. The van der Waals surface area contributed by atoms with E-state index in [-0.39, 0.29) is 0 Å². The van der Waals surface area contributed by atoms with E-state index in [1.165, 1.54) is 12.8 Å². The largest absolute Gasteiger partial charge is 0.330 e. The minimum atomic E-state index is 0.719. The first kappa shape index (κ1) is 10.6. The maximum atomic E-state index is 5.71. The fourth-order valence-corrected chi connectivity index (χ4v) is 2.30. The summed E-state index contributed by atoms with van der Waals surface area (Å²) in [5.41, 5.74) is 5.71. The Balaban J connectivity index is 1.95. The van der Waals surface area contributed by atoms with Gasteiger partial charge in [-0.2, -0.15) is 5.10 Å². The monoisotopic (exact) mass is 208 g/mol. The maximum Gasteiger partial charge on any atom is 0.138 e. The molecule has 0 amide bonds. The third kappa shape index (κ3) is 2.20. The van der Waals surface area contributed by atoms with Gasteiger partial charge in [0.1, 0.15) is 12.2 Å². The molecule has 1 aliphatic rings. The fraction of sp³-hybridized carbons (Fsp3) is 0.818. The van der Waals surface area contributed by atoms with Crippen molar-refractivity contribution in [2.45, 2.75) is 39.2 Å². The molecule has 0 saturated heterocycles. The Hall–Kier alpha value is -0.900. The highest BCUT2D eigenvalue weighted by Gasteiger charge is 2.30. The Morgan fingerprint density at radius 3 is 2.87 bits per heavy atom. The van der Waals surface area contributed by atoms with Crippen molar-refractivity contribution in [3.63, 3.8) is 0 Å². The zero-order valence-electron chi connectivity index (χ0n) is 9.39. The third-order valence-corrected chi connectivity index (χ3v) is 3.45. The molecule has 1 heterocycles. The van der Waals surface area contributed by atoms with Crippen LogP contribution in [0, 0.1) is 11.8 Å². The fourth-order valence-electron chi connectivity index (χ4n) is 2.30. The topological polar surface area (TPSA) is 56.7 Å². The molecule has 0 bridgehead atoms. The van der Waals surface area contributed by atoms with Crippen LogP contribution in [0.2, 0.25) is 0 Å². The lowest BCUT2D eigenvalue weighted by molar-refractivity contribution is 0.178. The SMILES string of the molecule is CCCn1ncnc1CC1CCC1CN. The smallest absolute Gasteiger partial charge is 0.138 e. The van der Waals surface area contributed by atoms with Crippen LogP contribution in [0.4, 0.5) is 0 Å². The number of rotatable bonds is 5. The predicted octanol–water partition coefficient (Wildman–Crippen LogP) is 1.22. The van der Waals surface area contributed by atoms with Gasteiger partial charge in [-0.05, 0) is 37.6 Å². The molecule has 1 aromatic rings. The van der Waals surface area contributed by atoms with Crippen LogP contribution in [0.5, 0.6) is 0 Å². The van der Waals surface area contributed by atoms with Crippen LogP contribution in [0.1, 0.15) is 32.0 Å². The summed E-state index contributed by atoms with van der Waals surface area (Å²) < 4.78 is 2.03. The van der Waals surface area contributed by atoms with E-state index < -0.39 is 0 Å². The van der Waals surface area contributed by atoms with E-state index in [2.05, 4.69) is 17.0 Å². The summed E-state index contributed by atoms with van der Waals surface area (Å²) in [5.74, 6) is 2.60. The standard InChI is InChI=1S/C11H20N4/c1-2-5-15-11(13-8-14-15)6-9-3-4-10(9)7-12/h8-10H,2-7,12H2,1H3. The average molecular weight is 208 g/mol. The summed E-state index contributed by atoms with van der Waals surface area (Å²) in [4.78, 5) is 4.34. The molecule has 15 heavy (non-hydrogen) atoms.